The van der Waals surface area contributed by atoms with Gasteiger partial charge in [-0.1, -0.05) is 236 Å². The van der Waals surface area contributed by atoms with Crippen LogP contribution >= 0.6 is 7.82 Å². The minimum Gasteiger partial charge on any atom is -0.756 e. The van der Waals surface area contributed by atoms with Gasteiger partial charge in [0.2, 0.25) is 0 Å². The number of carbonyl (C=O) groups excluding carboxylic acids is 1. The molecular formula is C60H114NO7P. The second-order valence-electron chi connectivity index (χ2n) is 21.0. The third-order valence-electron chi connectivity index (χ3n) is 12.9. The Bertz CT molecular complexity index is 1240. The predicted molar refractivity (Wildman–Crippen MR) is 296 cm³/mol. The van der Waals surface area contributed by atoms with E-state index in [1.165, 1.54) is 205 Å². The van der Waals surface area contributed by atoms with E-state index in [4.69, 9.17) is 18.5 Å². The van der Waals surface area contributed by atoms with E-state index in [1.54, 1.807) is 0 Å². The molecule has 0 heterocycles. The van der Waals surface area contributed by atoms with Crippen LogP contribution in [-0.4, -0.2) is 70.7 Å². The molecule has 0 aliphatic rings. The van der Waals surface area contributed by atoms with Gasteiger partial charge in [-0.05, 0) is 77.0 Å². The van der Waals surface area contributed by atoms with Crippen LogP contribution < -0.4 is 4.89 Å². The number of rotatable bonds is 55. The number of carbonyl (C=O) groups is 1. The van der Waals surface area contributed by atoms with Crippen molar-refractivity contribution >= 4 is 13.8 Å². The second kappa shape index (κ2) is 52.8. The molecular weight excluding hydrogens is 878 g/mol. The summed E-state index contributed by atoms with van der Waals surface area (Å²) in [6.45, 7) is 5.43. The summed E-state index contributed by atoms with van der Waals surface area (Å²) in [6.07, 6.45) is 67.2. The molecule has 0 aliphatic heterocycles. The van der Waals surface area contributed by atoms with Crippen molar-refractivity contribution in [2.75, 3.05) is 54.1 Å². The van der Waals surface area contributed by atoms with Gasteiger partial charge in [-0.25, -0.2) is 0 Å². The van der Waals surface area contributed by atoms with E-state index in [9.17, 15) is 14.3 Å². The lowest BCUT2D eigenvalue weighted by atomic mass is 10.0. The summed E-state index contributed by atoms with van der Waals surface area (Å²) in [4.78, 5) is 25.3. The molecule has 0 saturated carbocycles. The van der Waals surface area contributed by atoms with E-state index >= 15 is 0 Å². The SMILES string of the molecule is CCCCCCC/C=C\C/C=C\C/C=C\CCCCCCCCCCCOCC(COP(=O)([O-])OCC[N+](C)(C)C)OC(=O)CCCCCCCCCCCCC/C=C\CCCCCCCCCC. The van der Waals surface area contributed by atoms with Crippen LogP contribution in [0.25, 0.3) is 0 Å². The van der Waals surface area contributed by atoms with Crippen LogP contribution in [-0.2, 0) is 27.9 Å². The van der Waals surface area contributed by atoms with E-state index in [1.807, 2.05) is 21.1 Å². The number of ether oxygens (including phenoxy) is 2. The van der Waals surface area contributed by atoms with Gasteiger partial charge in [0.05, 0.1) is 34.4 Å². The Morgan fingerprint density at radius 1 is 0.449 bits per heavy atom. The van der Waals surface area contributed by atoms with Gasteiger partial charge < -0.3 is 27.9 Å². The molecule has 0 N–H and O–H groups in total. The van der Waals surface area contributed by atoms with Crippen LogP contribution in [0.2, 0.25) is 0 Å². The molecule has 0 saturated heterocycles. The van der Waals surface area contributed by atoms with Crippen LogP contribution in [0.4, 0.5) is 0 Å². The van der Waals surface area contributed by atoms with E-state index < -0.39 is 13.9 Å². The van der Waals surface area contributed by atoms with Crippen molar-refractivity contribution in [3.63, 3.8) is 0 Å². The number of allylic oxidation sites excluding steroid dienone is 8. The van der Waals surface area contributed by atoms with Crippen molar-refractivity contribution in [1.29, 1.82) is 0 Å². The van der Waals surface area contributed by atoms with Crippen LogP contribution in [0.3, 0.4) is 0 Å². The Balaban J connectivity index is 4.08. The minimum absolute atomic E-state index is 0.0245. The normalized spacial score (nSPS) is 13.8. The second-order valence-corrected chi connectivity index (χ2v) is 22.4. The first-order valence-electron chi connectivity index (χ1n) is 29.4. The number of esters is 1. The Kier molecular flexibility index (Phi) is 51.6. The number of hydrogen-bond acceptors (Lipinski definition) is 7. The third-order valence-corrected chi connectivity index (χ3v) is 13.8. The summed E-state index contributed by atoms with van der Waals surface area (Å²) in [5.41, 5.74) is 0. The predicted octanol–water partition coefficient (Wildman–Crippen LogP) is 18.0. The molecule has 0 aromatic carbocycles. The number of unbranched alkanes of at least 4 members (excludes halogenated alkanes) is 33. The van der Waals surface area contributed by atoms with E-state index in [-0.39, 0.29) is 25.8 Å². The van der Waals surface area contributed by atoms with E-state index in [2.05, 4.69) is 62.5 Å². The molecule has 0 fully saturated rings. The Hall–Kier alpha value is -1.54. The zero-order chi connectivity index (χ0) is 50.5. The zero-order valence-electron chi connectivity index (χ0n) is 46.3. The average Bonchev–Trinajstić information content (AvgIpc) is 3.31. The molecule has 2 atom stereocenters. The molecule has 406 valence electrons. The van der Waals surface area contributed by atoms with Crippen LogP contribution in [0.1, 0.15) is 271 Å². The van der Waals surface area contributed by atoms with E-state index in [0.29, 0.717) is 24.1 Å². The summed E-state index contributed by atoms with van der Waals surface area (Å²) in [5.74, 6) is -0.334. The molecule has 0 aromatic heterocycles. The molecule has 2 unspecified atom stereocenters. The molecule has 0 amide bonds. The molecule has 0 rings (SSSR count). The van der Waals surface area contributed by atoms with Gasteiger partial charge in [-0.3, -0.25) is 9.36 Å². The summed E-state index contributed by atoms with van der Waals surface area (Å²) >= 11 is 0. The van der Waals surface area contributed by atoms with Gasteiger partial charge in [0.15, 0.2) is 0 Å². The molecule has 0 spiro atoms. The maximum atomic E-state index is 12.8. The van der Waals surface area contributed by atoms with E-state index in [0.717, 1.165) is 44.9 Å². The highest BCUT2D eigenvalue weighted by molar-refractivity contribution is 7.45. The van der Waals surface area contributed by atoms with Crippen molar-refractivity contribution in [2.24, 2.45) is 0 Å². The summed E-state index contributed by atoms with van der Waals surface area (Å²) in [7, 11) is 1.36. The van der Waals surface area contributed by atoms with Crippen molar-refractivity contribution in [2.45, 2.75) is 277 Å². The maximum Gasteiger partial charge on any atom is 0.306 e. The Morgan fingerprint density at radius 3 is 1.20 bits per heavy atom. The van der Waals surface area contributed by atoms with Gasteiger partial charge in [-0.15, -0.1) is 0 Å². The molecule has 0 aliphatic carbocycles. The highest BCUT2D eigenvalue weighted by atomic mass is 31.2. The van der Waals surface area contributed by atoms with Crippen molar-refractivity contribution < 1.29 is 37.3 Å². The fraction of sp³-hybridized carbons (Fsp3) is 0.850. The monoisotopic (exact) mass is 992 g/mol. The highest BCUT2D eigenvalue weighted by Crippen LogP contribution is 2.38. The number of phosphoric acid groups is 1. The van der Waals surface area contributed by atoms with Gasteiger partial charge in [-0.2, -0.15) is 0 Å². The smallest absolute Gasteiger partial charge is 0.306 e. The van der Waals surface area contributed by atoms with Crippen LogP contribution in [0.15, 0.2) is 48.6 Å². The van der Waals surface area contributed by atoms with Gasteiger partial charge >= 0.3 is 5.97 Å². The first-order valence-corrected chi connectivity index (χ1v) is 30.8. The Morgan fingerprint density at radius 2 is 0.797 bits per heavy atom. The minimum atomic E-state index is -4.54. The van der Waals surface area contributed by atoms with Crippen LogP contribution in [0.5, 0.6) is 0 Å². The topological polar surface area (TPSA) is 94.1 Å². The summed E-state index contributed by atoms with van der Waals surface area (Å²) < 4.78 is 34.9. The first kappa shape index (κ1) is 67.5. The van der Waals surface area contributed by atoms with Gasteiger partial charge in [0.25, 0.3) is 7.82 Å². The standard InChI is InChI=1S/C60H114NO7P/c1-6-8-10-12-14-16-18-20-22-24-26-28-30-32-34-36-38-40-42-44-46-48-50-52-55-65-57-59(58-67-69(63,64)66-56-54-61(3,4)5)68-60(62)53-51-49-47-45-43-41-39-37-35-33-31-29-27-25-23-21-19-17-15-13-11-9-7-2/h18,20,24-27,30,32,59H,6-17,19,21-23,28-29,31,33-58H2,1-5H3/b20-18-,26-24-,27-25-,32-30-. The number of likely N-dealkylation sites (N-methyl/N-ethyl adjacent to an activating group) is 1. The van der Waals surface area contributed by atoms with Crippen molar-refractivity contribution in [3.8, 4) is 0 Å². The highest BCUT2D eigenvalue weighted by Gasteiger charge is 2.20. The number of phosphoric ester groups is 1. The largest absolute Gasteiger partial charge is 0.756 e. The fourth-order valence-electron chi connectivity index (χ4n) is 8.32. The molecule has 0 radical (unpaired) electrons. The lowest BCUT2D eigenvalue weighted by molar-refractivity contribution is -0.870. The maximum absolute atomic E-state index is 12.8. The number of hydrogen-bond donors (Lipinski definition) is 0. The fourth-order valence-corrected chi connectivity index (χ4v) is 9.04. The molecule has 9 heteroatoms. The number of quaternary nitrogens is 1. The lowest BCUT2D eigenvalue weighted by Gasteiger charge is -2.28. The molecule has 69 heavy (non-hydrogen) atoms. The first-order chi connectivity index (χ1) is 33.6. The average molecular weight is 993 g/mol. The van der Waals surface area contributed by atoms with Crippen molar-refractivity contribution in [3.05, 3.63) is 48.6 Å². The zero-order valence-corrected chi connectivity index (χ0v) is 47.2. The molecule has 0 aromatic rings. The van der Waals surface area contributed by atoms with Gasteiger partial charge in [0.1, 0.15) is 19.3 Å². The van der Waals surface area contributed by atoms with Gasteiger partial charge in [0, 0.05) is 13.0 Å². The molecule has 8 nitrogen and oxygen atoms in total. The van der Waals surface area contributed by atoms with Crippen LogP contribution in [0, 0.1) is 0 Å². The summed E-state index contributed by atoms with van der Waals surface area (Å²) in [6, 6.07) is 0. The Labute approximate surface area is 428 Å². The lowest BCUT2D eigenvalue weighted by Crippen LogP contribution is -2.37. The third kappa shape index (κ3) is 57.2. The molecule has 0 bridgehead atoms. The number of nitrogens with zero attached hydrogens (tertiary/aromatic N) is 1. The van der Waals surface area contributed by atoms with Crippen molar-refractivity contribution in [1.82, 2.24) is 0 Å². The summed E-state index contributed by atoms with van der Waals surface area (Å²) in [5, 5.41) is 0. The quantitative estimate of drug-likeness (QED) is 0.0197.